The van der Waals surface area contributed by atoms with Crippen LogP contribution in [-0.4, -0.2) is 32.8 Å². The maximum atomic E-state index is 12.3. The van der Waals surface area contributed by atoms with Crippen molar-refractivity contribution in [3.8, 4) is 0 Å². The van der Waals surface area contributed by atoms with Crippen molar-refractivity contribution in [1.29, 1.82) is 0 Å². The van der Waals surface area contributed by atoms with Gasteiger partial charge in [-0.25, -0.2) is 17.5 Å². The molecular weight excluding hydrogens is 362 g/mol. The van der Waals surface area contributed by atoms with Crippen molar-refractivity contribution in [2.75, 3.05) is 19.4 Å². The van der Waals surface area contributed by atoms with Gasteiger partial charge >= 0.3 is 6.03 Å². The van der Waals surface area contributed by atoms with Crippen LogP contribution in [0.5, 0.6) is 0 Å². The fraction of sp³-hybridized carbons (Fsp3) is 0.235. The Kier molecular flexibility index (Phi) is 6.05. The number of sulfonamides is 1. The van der Waals surface area contributed by atoms with Gasteiger partial charge in [0.25, 0.3) is 0 Å². The Labute approximate surface area is 152 Å². The first-order valence-electron chi connectivity index (χ1n) is 7.53. The van der Waals surface area contributed by atoms with Crippen LogP contribution < -0.4 is 10.6 Å². The number of nitrogens with one attached hydrogen (secondary N) is 2. The van der Waals surface area contributed by atoms with Crippen molar-refractivity contribution in [2.24, 2.45) is 0 Å². The number of carbonyl (C=O) groups is 1. The molecule has 0 aliphatic heterocycles. The number of carbonyl (C=O) groups excluding carboxylic acids is 1. The highest BCUT2D eigenvalue weighted by Gasteiger charge is 2.20. The van der Waals surface area contributed by atoms with Crippen LogP contribution in [0.3, 0.4) is 0 Å². The zero-order valence-corrected chi connectivity index (χ0v) is 15.8. The molecule has 0 unspecified atom stereocenters. The SMILES string of the molecule is Cc1ccc(NC(=O)NCc2ccccc2S(=O)(=O)N(C)C)cc1Cl. The molecule has 0 heterocycles. The Bertz CT molecular complexity index is 882. The summed E-state index contributed by atoms with van der Waals surface area (Å²) in [7, 11) is -0.649. The number of hydrogen-bond acceptors (Lipinski definition) is 3. The van der Waals surface area contributed by atoms with Crippen LogP contribution in [-0.2, 0) is 16.6 Å². The number of aryl methyl sites for hydroxylation is 1. The molecule has 0 aliphatic rings. The molecule has 0 saturated heterocycles. The van der Waals surface area contributed by atoms with E-state index >= 15 is 0 Å². The minimum Gasteiger partial charge on any atom is -0.334 e. The fourth-order valence-electron chi connectivity index (χ4n) is 2.12. The van der Waals surface area contributed by atoms with Gasteiger partial charge in [-0.05, 0) is 36.2 Å². The molecule has 0 saturated carbocycles. The fourth-order valence-corrected chi connectivity index (χ4v) is 3.42. The highest BCUT2D eigenvalue weighted by Crippen LogP contribution is 2.20. The Morgan fingerprint density at radius 3 is 2.48 bits per heavy atom. The molecule has 2 aromatic carbocycles. The Morgan fingerprint density at radius 2 is 1.84 bits per heavy atom. The molecule has 2 amide bonds. The average Bonchev–Trinajstić information content (AvgIpc) is 2.56. The second-order valence-electron chi connectivity index (χ2n) is 5.67. The predicted molar refractivity (Wildman–Crippen MR) is 99.4 cm³/mol. The lowest BCUT2D eigenvalue weighted by molar-refractivity contribution is 0.251. The van der Waals surface area contributed by atoms with Crippen LogP contribution in [0.15, 0.2) is 47.4 Å². The summed E-state index contributed by atoms with van der Waals surface area (Å²) >= 11 is 6.03. The molecule has 0 radical (unpaired) electrons. The summed E-state index contributed by atoms with van der Waals surface area (Å²) in [5.41, 5.74) is 1.98. The molecule has 2 N–H and O–H groups in total. The molecule has 2 rings (SSSR count). The lowest BCUT2D eigenvalue weighted by Gasteiger charge is -2.15. The van der Waals surface area contributed by atoms with Gasteiger partial charge in [0.2, 0.25) is 10.0 Å². The van der Waals surface area contributed by atoms with E-state index in [1.165, 1.54) is 20.2 Å². The Hall–Kier alpha value is -2.09. The van der Waals surface area contributed by atoms with Gasteiger partial charge in [0.05, 0.1) is 4.90 Å². The molecule has 2 aromatic rings. The molecule has 0 fully saturated rings. The number of amides is 2. The topological polar surface area (TPSA) is 78.5 Å². The second kappa shape index (κ2) is 7.86. The summed E-state index contributed by atoms with van der Waals surface area (Å²) in [4.78, 5) is 12.2. The minimum absolute atomic E-state index is 0.0780. The highest BCUT2D eigenvalue weighted by molar-refractivity contribution is 7.89. The maximum absolute atomic E-state index is 12.3. The lowest BCUT2D eigenvalue weighted by atomic mass is 10.2. The summed E-state index contributed by atoms with van der Waals surface area (Å²) in [5, 5.41) is 5.88. The van der Waals surface area contributed by atoms with Gasteiger partial charge in [0.1, 0.15) is 0 Å². The van der Waals surface area contributed by atoms with E-state index in [0.29, 0.717) is 16.3 Å². The number of nitrogens with zero attached hydrogens (tertiary/aromatic N) is 1. The first kappa shape index (κ1) is 19.2. The highest BCUT2D eigenvalue weighted by atomic mass is 35.5. The lowest BCUT2D eigenvalue weighted by Crippen LogP contribution is -2.30. The van der Waals surface area contributed by atoms with Crippen LogP contribution in [0.4, 0.5) is 10.5 Å². The summed E-state index contributed by atoms with van der Waals surface area (Å²) in [5.74, 6) is 0. The van der Waals surface area contributed by atoms with E-state index in [1.807, 2.05) is 6.92 Å². The third kappa shape index (κ3) is 4.72. The first-order valence-corrected chi connectivity index (χ1v) is 9.35. The number of hydrogen-bond donors (Lipinski definition) is 2. The van der Waals surface area contributed by atoms with Crippen molar-refractivity contribution in [2.45, 2.75) is 18.4 Å². The smallest absolute Gasteiger partial charge is 0.319 e. The van der Waals surface area contributed by atoms with Gasteiger partial charge < -0.3 is 10.6 Å². The van der Waals surface area contributed by atoms with Crippen molar-refractivity contribution < 1.29 is 13.2 Å². The predicted octanol–water partition coefficient (Wildman–Crippen LogP) is 3.22. The average molecular weight is 382 g/mol. The third-order valence-electron chi connectivity index (χ3n) is 3.60. The standard InChI is InChI=1S/C17H20ClN3O3S/c1-12-8-9-14(10-15(12)18)20-17(22)19-11-13-6-4-5-7-16(13)25(23,24)21(2)3/h4-10H,11H2,1-3H3,(H2,19,20,22). The van der Waals surface area contributed by atoms with Crippen molar-refractivity contribution in [1.82, 2.24) is 9.62 Å². The van der Waals surface area contributed by atoms with E-state index in [4.69, 9.17) is 11.6 Å². The van der Waals surface area contributed by atoms with E-state index in [2.05, 4.69) is 10.6 Å². The second-order valence-corrected chi connectivity index (χ2v) is 8.19. The van der Waals surface area contributed by atoms with Crippen LogP contribution in [0, 0.1) is 6.92 Å². The molecule has 0 spiro atoms. The van der Waals surface area contributed by atoms with Crippen LogP contribution in [0.2, 0.25) is 5.02 Å². The maximum Gasteiger partial charge on any atom is 0.319 e. The van der Waals surface area contributed by atoms with E-state index in [1.54, 1.807) is 36.4 Å². The van der Waals surface area contributed by atoms with Crippen LogP contribution in [0.25, 0.3) is 0 Å². The molecule has 0 aromatic heterocycles. The zero-order valence-electron chi connectivity index (χ0n) is 14.2. The third-order valence-corrected chi connectivity index (χ3v) is 5.92. The zero-order chi connectivity index (χ0) is 18.6. The minimum atomic E-state index is -3.58. The molecule has 0 bridgehead atoms. The first-order chi connectivity index (χ1) is 11.7. The monoisotopic (exact) mass is 381 g/mol. The molecule has 0 aliphatic carbocycles. The molecule has 25 heavy (non-hydrogen) atoms. The molecule has 134 valence electrons. The van der Waals surface area contributed by atoms with Gasteiger partial charge in [0.15, 0.2) is 0 Å². The van der Waals surface area contributed by atoms with Gasteiger partial charge in [0, 0.05) is 31.4 Å². The Morgan fingerprint density at radius 1 is 1.16 bits per heavy atom. The normalized spacial score (nSPS) is 11.4. The quantitative estimate of drug-likeness (QED) is 0.834. The summed E-state index contributed by atoms with van der Waals surface area (Å²) in [6, 6.07) is 11.3. The summed E-state index contributed by atoms with van der Waals surface area (Å²) in [6.45, 7) is 1.95. The summed E-state index contributed by atoms with van der Waals surface area (Å²) in [6.07, 6.45) is 0. The number of rotatable bonds is 5. The number of benzene rings is 2. The van der Waals surface area contributed by atoms with Crippen LogP contribution >= 0.6 is 11.6 Å². The number of halogens is 1. The van der Waals surface area contributed by atoms with Gasteiger partial charge in [-0.3, -0.25) is 0 Å². The summed E-state index contributed by atoms with van der Waals surface area (Å²) < 4.78 is 25.8. The van der Waals surface area contributed by atoms with Crippen molar-refractivity contribution in [3.05, 3.63) is 58.6 Å². The van der Waals surface area contributed by atoms with E-state index in [-0.39, 0.29) is 11.4 Å². The van der Waals surface area contributed by atoms with Gasteiger partial charge in [-0.1, -0.05) is 35.9 Å². The number of urea groups is 1. The van der Waals surface area contributed by atoms with E-state index in [9.17, 15) is 13.2 Å². The van der Waals surface area contributed by atoms with Gasteiger partial charge in [-0.2, -0.15) is 0 Å². The van der Waals surface area contributed by atoms with Crippen LogP contribution in [0.1, 0.15) is 11.1 Å². The van der Waals surface area contributed by atoms with Gasteiger partial charge in [-0.15, -0.1) is 0 Å². The molecule has 6 nitrogen and oxygen atoms in total. The number of anilines is 1. The van der Waals surface area contributed by atoms with Crippen molar-refractivity contribution in [3.63, 3.8) is 0 Å². The van der Waals surface area contributed by atoms with E-state index < -0.39 is 16.1 Å². The van der Waals surface area contributed by atoms with E-state index in [0.717, 1.165) is 9.87 Å². The van der Waals surface area contributed by atoms with Crippen molar-refractivity contribution >= 4 is 33.3 Å². The largest absolute Gasteiger partial charge is 0.334 e. The molecule has 8 heteroatoms. The Balaban J connectivity index is 2.09. The molecular formula is C17H20ClN3O3S. The molecule has 0 atom stereocenters.